The summed E-state index contributed by atoms with van der Waals surface area (Å²) in [5, 5.41) is 1.76. The highest BCUT2D eigenvalue weighted by Crippen LogP contribution is 2.24. The summed E-state index contributed by atoms with van der Waals surface area (Å²) in [5.41, 5.74) is 1.18. The molecule has 3 heteroatoms. The molecule has 0 saturated carbocycles. The van der Waals surface area contributed by atoms with Gasteiger partial charge < -0.3 is 0 Å². The van der Waals surface area contributed by atoms with Crippen LogP contribution in [0.1, 0.15) is 11.5 Å². The van der Waals surface area contributed by atoms with E-state index < -0.39 is 0 Å². The van der Waals surface area contributed by atoms with Crippen LogP contribution in [0.4, 0.5) is 4.39 Å². The van der Waals surface area contributed by atoms with Gasteiger partial charge in [-0.3, -0.25) is 5.84 Å². The van der Waals surface area contributed by atoms with Crippen LogP contribution in [0.25, 0.3) is 0 Å². The smallest absolute Gasteiger partial charge is 0.123 e. The van der Waals surface area contributed by atoms with Crippen LogP contribution >= 0.6 is 0 Å². The van der Waals surface area contributed by atoms with Crippen LogP contribution in [0, 0.1) is 5.82 Å². The lowest BCUT2D eigenvalue weighted by atomic mass is 9.93. The SMILES string of the molecule is NN1CC(c2ccc(F)cc2)C1. The topological polar surface area (TPSA) is 29.3 Å². The van der Waals surface area contributed by atoms with Gasteiger partial charge in [-0.2, -0.15) is 0 Å². The molecular weight excluding hydrogens is 155 g/mol. The van der Waals surface area contributed by atoms with E-state index in [-0.39, 0.29) is 5.82 Å². The Morgan fingerprint density at radius 3 is 2.33 bits per heavy atom. The Balaban J connectivity index is 2.09. The average molecular weight is 166 g/mol. The first kappa shape index (κ1) is 7.71. The van der Waals surface area contributed by atoms with Crippen molar-refractivity contribution in [2.24, 2.45) is 5.84 Å². The van der Waals surface area contributed by atoms with E-state index in [9.17, 15) is 4.39 Å². The van der Waals surface area contributed by atoms with E-state index in [0.717, 1.165) is 13.1 Å². The third-order valence-corrected chi connectivity index (χ3v) is 2.25. The van der Waals surface area contributed by atoms with Crippen LogP contribution in [0.15, 0.2) is 24.3 Å². The fourth-order valence-corrected chi connectivity index (χ4v) is 1.46. The number of benzene rings is 1. The lowest BCUT2D eigenvalue weighted by molar-refractivity contribution is 0.151. The monoisotopic (exact) mass is 166 g/mol. The number of nitrogens with two attached hydrogens (primary N) is 1. The van der Waals surface area contributed by atoms with Crippen LogP contribution < -0.4 is 5.84 Å². The second-order valence-corrected chi connectivity index (χ2v) is 3.20. The molecular formula is C9H11FN2. The van der Waals surface area contributed by atoms with Crippen molar-refractivity contribution in [3.8, 4) is 0 Å². The Labute approximate surface area is 70.8 Å². The van der Waals surface area contributed by atoms with Crippen molar-refractivity contribution < 1.29 is 4.39 Å². The van der Waals surface area contributed by atoms with E-state index in [4.69, 9.17) is 5.84 Å². The van der Waals surface area contributed by atoms with Gasteiger partial charge in [0.15, 0.2) is 0 Å². The lowest BCUT2D eigenvalue weighted by Gasteiger charge is -2.35. The van der Waals surface area contributed by atoms with Crippen LogP contribution in [0.2, 0.25) is 0 Å². The van der Waals surface area contributed by atoms with E-state index in [1.807, 2.05) is 12.1 Å². The summed E-state index contributed by atoms with van der Waals surface area (Å²) in [6, 6.07) is 6.64. The van der Waals surface area contributed by atoms with E-state index in [2.05, 4.69) is 0 Å². The van der Waals surface area contributed by atoms with Crippen LogP contribution in [0.3, 0.4) is 0 Å². The summed E-state index contributed by atoms with van der Waals surface area (Å²) in [6.45, 7) is 1.76. The van der Waals surface area contributed by atoms with E-state index in [1.165, 1.54) is 17.7 Å². The van der Waals surface area contributed by atoms with Crippen molar-refractivity contribution in [1.29, 1.82) is 0 Å². The number of rotatable bonds is 1. The van der Waals surface area contributed by atoms with E-state index in [0.29, 0.717) is 5.92 Å². The number of hydrazine groups is 1. The predicted molar refractivity (Wildman–Crippen MR) is 44.9 cm³/mol. The quantitative estimate of drug-likeness (QED) is 0.633. The molecule has 0 radical (unpaired) electrons. The third-order valence-electron chi connectivity index (χ3n) is 2.25. The number of hydrogen-bond donors (Lipinski definition) is 1. The van der Waals surface area contributed by atoms with Crippen molar-refractivity contribution in [2.45, 2.75) is 5.92 Å². The molecule has 0 atom stereocenters. The van der Waals surface area contributed by atoms with Gasteiger partial charge in [0, 0.05) is 19.0 Å². The maximum Gasteiger partial charge on any atom is 0.123 e. The zero-order chi connectivity index (χ0) is 8.55. The number of nitrogens with zero attached hydrogens (tertiary/aromatic N) is 1. The minimum Gasteiger partial charge on any atom is -0.269 e. The Hall–Kier alpha value is -0.930. The molecule has 0 aromatic heterocycles. The molecule has 0 aliphatic carbocycles. The molecule has 0 unspecified atom stereocenters. The molecule has 1 saturated heterocycles. The van der Waals surface area contributed by atoms with Crippen LogP contribution in [-0.2, 0) is 0 Å². The number of hydrogen-bond acceptors (Lipinski definition) is 2. The van der Waals surface area contributed by atoms with Gasteiger partial charge in [0.2, 0.25) is 0 Å². The van der Waals surface area contributed by atoms with Gasteiger partial charge in [0.1, 0.15) is 5.82 Å². The molecule has 1 heterocycles. The predicted octanol–water partition coefficient (Wildman–Crippen LogP) is 1.10. The lowest BCUT2D eigenvalue weighted by Crippen LogP contribution is -2.49. The molecule has 2 N–H and O–H groups in total. The molecule has 1 fully saturated rings. The summed E-state index contributed by atoms with van der Waals surface area (Å²) < 4.78 is 12.5. The zero-order valence-corrected chi connectivity index (χ0v) is 6.70. The Morgan fingerprint density at radius 2 is 1.83 bits per heavy atom. The minimum absolute atomic E-state index is 0.178. The second kappa shape index (κ2) is 2.84. The molecule has 2 nitrogen and oxygen atoms in total. The van der Waals surface area contributed by atoms with Gasteiger partial charge in [-0.15, -0.1) is 0 Å². The third kappa shape index (κ3) is 1.33. The molecule has 1 aromatic carbocycles. The van der Waals surface area contributed by atoms with Crippen LogP contribution in [-0.4, -0.2) is 18.1 Å². The van der Waals surface area contributed by atoms with Gasteiger partial charge in [-0.1, -0.05) is 12.1 Å². The fourth-order valence-electron chi connectivity index (χ4n) is 1.46. The van der Waals surface area contributed by atoms with Crippen LogP contribution in [0.5, 0.6) is 0 Å². The normalized spacial score (nSPS) is 19.2. The molecule has 1 aliphatic heterocycles. The molecule has 1 aromatic rings. The standard InChI is InChI=1S/C9H11FN2/c10-9-3-1-7(2-4-9)8-5-12(11)6-8/h1-4,8H,5-6,11H2. The molecule has 64 valence electrons. The van der Waals surface area contributed by atoms with Gasteiger partial charge in [-0.05, 0) is 17.7 Å². The average Bonchev–Trinajstić information content (AvgIpc) is 2.01. The zero-order valence-electron chi connectivity index (χ0n) is 6.70. The van der Waals surface area contributed by atoms with E-state index >= 15 is 0 Å². The highest BCUT2D eigenvalue weighted by Gasteiger charge is 2.24. The molecule has 0 bridgehead atoms. The molecule has 1 aliphatic rings. The molecule has 2 rings (SSSR count). The summed E-state index contributed by atoms with van der Waals surface area (Å²) in [4.78, 5) is 0. The highest BCUT2D eigenvalue weighted by molar-refractivity contribution is 5.23. The fraction of sp³-hybridized carbons (Fsp3) is 0.333. The molecule has 0 amide bonds. The Kier molecular flexibility index (Phi) is 1.83. The Morgan fingerprint density at radius 1 is 1.25 bits per heavy atom. The summed E-state index contributed by atoms with van der Waals surface area (Å²) >= 11 is 0. The van der Waals surface area contributed by atoms with Crippen molar-refractivity contribution in [1.82, 2.24) is 5.01 Å². The maximum atomic E-state index is 12.5. The van der Waals surface area contributed by atoms with Gasteiger partial charge in [0.25, 0.3) is 0 Å². The largest absolute Gasteiger partial charge is 0.269 e. The van der Waals surface area contributed by atoms with E-state index in [1.54, 1.807) is 5.01 Å². The summed E-state index contributed by atoms with van der Waals surface area (Å²) in [5.74, 6) is 5.81. The first-order valence-electron chi connectivity index (χ1n) is 4.01. The number of halogens is 1. The van der Waals surface area contributed by atoms with Crippen molar-refractivity contribution >= 4 is 0 Å². The minimum atomic E-state index is -0.178. The van der Waals surface area contributed by atoms with Crippen molar-refractivity contribution in [2.75, 3.05) is 13.1 Å². The summed E-state index contributed by atoms with van der Waals surface area (Å²) in [6.07, 6.45) is 0. The summed E-state index contributed by atoms with van der Waals surface area (Å²) in [7, 11) is 0. The second-order valence-electron chi connectivity index (χ2n) is 3.20. The van der Waals surface area contributed by atoms with Gasteiger partial charge in [0.05, 0.1) is 0 Å². The first-order valence-corrected chi connectivity index (χ1v) is 4.01. The van der Waals surface area contributed by atoms with Gasteiger partial charge in [-0.25, -0.2) is 9.40 Å². The maximum absolute atomic E-state index is 12.5. The molecule has 0 spiro atoms. The Bertz CT molecular complexity index is 264. The first-order chi connectivity index (χ1) is 5.75. The molecule has 12 heavy (non-hydrogen) atoms. The van der Waals surface area contributed by atoms with Gasteiger partial charge >= 0.3 is 0 Å². The van der Waals surface area contributed by atoms with Crippen molar-refractivity contribution in [3.05, 3.63) is 35.6 Å². The van der Waals surface area contributed by atoms with Crippen molar-refractivity contribution in [3.63, 3.8) is 0 Å². The highest BCUT2D eigenvalue weighted by atomic mass is 19.1.